The van der Waals surface area contributed by atoms with Crippen molar-refractivity contribution >= 4 is 0 Å². The Hall–Kier alpha value is -0.800. The van der Waals surface area contributed by atoms with Crippen molar-refractivity contribution in [1.29, 1.82) is 0 Å². The highest BCUT2D eigenvalue weighted by molar-refractivity contribution is 5.30. The molecule has 1 aliphatic rings. The van der Waals surface area contributed by atoms with Gasteiger partial charge < -0.3 is 14.6 Å². The van der Waals surface area contributed by atoms with E-state index < -0.39 is 0 Å². The standard InChI is InChI=1S/C16H28N2O/c1-3-9-17-16-8-5-7-14-12-18(13-15(14)16)10-6-11-19-4-2/h12-13,16-17H,3-11H2,1-2H3. The van der Waals surface area contributed by atoms with Gasteiger partial charge in [0, 0.05) is 38.2 Å². The number of nitrogens with one attached hydrogen (secondary N) is 1. The van der Waals surface area contributed by atoms with E-state index in [-0.39, 0.29) is 0 Å². The topological polar surface area (TPSA) is 26.2 Å². The molecular weight excluding hydrogens is 236 g/mol. The molecule has 0 amide bonds. The van der Waals surface area contributed by atoms with Crippen molar-refractivity contribution in [2.45, 2.75) is 58.5 Å². The van der Waals surface area contributed by atoms with Crippen LogP contribution in [-0.2, 0) is 17.7 Å². The molecule has 1 aromatic rings. The van der Waals surface area contributed by atoms with Crippen LogP contribution < -0.4 is 5.32 Å². The molecule has 1 unspecified atom stereocenters. The van der Waals surface area contributed by atoms with Gasteiger partial charge in [-0.3, -0.25) is 0 Å². The predicted octanol–water partition coefficient (Wildman–Crippen LogP) is 3.29. The van der Waals surface area contributed by atoms with Gasteiger partial charge in [-0.2, -0.15) is 0 Å². The summed E-state index contributed by atoms with van der Waals surface area (Å²) in [6.45, 7) is 8.18. The molecule has 0 aliphatic heterocycles. The zero-order chi connectivity index (χ0) is 13.5. The van der Waals surface area contributed by atoms with Crippen molar-refractivity contribution in [3.63, 3.8) is 0 Å². The first-order valence-corrected chi connectivity index (χ1v) is 7.84. The maximum Gasteiger partial charge on any atom is 0.0482 e. The fraction of sp³-hybridized carbons (Fsp3) is 0.750. The third kappa shape index (κ3) is 4.08. The van der Waals surface area contributed by atoms with E-state index in [2.05, 4.69) is 36.1 Å². The monoisotopic (exact) mass is 264 g/mol. The van der Waals surface area contributed by atoms with Gasteiger partial charge in [0.25, 0.3) is 0 Å². The lowest BCUT2D eigenvalue weighted by atomic mass is 9.91. The fourth-order valence-electron chi connectivity index (χ4n) is 2.90. The summed E-state index contributed by atoms with van der Waals surface area (Å²) in [7, 11) is 0. The maximum absolute atomic E-state index is 5.41. The third-order valence-electron chi connectivity index (χ3n) is 3.86. The Labute approximate surface area is 117 Å². The molecule has 1 aromatic heterocycles. The Morgan fingerprint density at radius 1 is 1.37 bits per heavy atom. The first kappa shape index (κ1) is 14.6. The van der Waals surface area contributed by atoms with Crippen LogP contribution in [0.4, 0.5) is 0 Å². The average Bonchev–Trinajstić information content (AvgIpc) is 2.84. The van der Waals surface area contributed by atoms with Gasteiger partial charge in [0.2, 0.25) is 0 Å². The van der Waals surface area contributed by atoms with Crippen molar-refractivity contribution in [2.75, 3.05) is 19.8 Å². The minimum absolute atomic E-state index is 0.580. The molecule has 3 heteroatoms. The van der Waals surface area contributed by atoms with Gasteiger partial charge in [-0.25, -0.2) is 0 Å². The van der Waals surface area contributed by atoms with Crippen molar-refractivity contribution in [3.05, 3.63) is 23.5 Å². The van der Waals surface area contributed by atoms with E-state index in [1.54, 1.807) is 5.56 Å². The second kappa shape index (κ2) is 7.71. The van der Waals surface area contributed by atoms with Crippen molar-refractivity contribution in [2.24, 2.45) is 0 Å². The van der Waals surface area contributed by atoms with Gasteiger partial charge in [0.05, 0.1) is 0 Å². The average molecular weight is 264 g/mol. The Balaban J connectivity index is 1.92. The largest absolute Gasteiger partial charge is 0.382 e. The number of hydrogen-bond donors (Lipinski definition) is 1. The molecule has 1 N–H and O–H groups in total. The Morgan fingerprint density at radius 2 is 2.26 bits per heavy atom. The molecule has 1 heterocycles. The van der Waals surface area contributed by atoms with Crippen LogP contribution in [0.2, 0.25) is 0 Å². The van der Waals surface area contributed by atoms with E-state index in [4.69, 9.17) is 4.74 Å². The first-order valence-electron chi connectivity index (χ1n) is 7.84. The first-order chi connectivity index (χ1) is 9.35. The van der Waals surface area contributed by atoms with Crippen LogP contribution in [0.25, 0.3) is 0 Å². The van der Waals surface area contributed by atoms with Crippen LogP contribution in [-0.4, -0.2) is 24.3 Å². The van der Waals surface area contributed by atoms with Crippen LogP contribution in [0.5, 0.6) is 0 Å². The van der Waals surface area contributed by atoms with Gasteiger partial charge in [0.1, 0.15) is 0 Å². The van der Waals surface area contributed by atoms with Gasteiger partial charge in [-0.15, -0.1) is 0 Å². The summed E-state index contributed by atoms with van der Waals surface area (Å²) < 4.78 is 7.76. The van der Waals surface area contributed by atoms with E-state index in [9.17, 15) is 0 Å². The highest BCUT2D eigenvalue weighted by atomic mass is 16.5. The fourth-order valence-corrected chi connectivity index (χ4v) is 2.90. The number of nitrogens with zero attached hydrogens (tertiary/aromatic N) is 1. The normalized spacial score (nSPS) is 18.5. The van der Waals surface area contributed by atoms with E-state index >= 15 is 0 Å². The zero-order valence-corrected chi connectivity index (χ0v) is 12.5. The zero-order valence-electron chi connectivity index (χ0n) is 12.5. The Morgan fingerprint density at radius 3 is 3.05 bits per heavy atom. The SMILES string of the molecule is CCCNC1CCCc2cn(CCCOCC)cc21. The molecule has 0 saturated carbocycles. The van der Waals surface area contributed by atoms with Gasteiger partial charge in [-0.05, 0) is 56.7 Å². The van der Waals surface area contributed by atoms with E-state index in [1.807, 2.05) is 0 Å². The molecule has 0 saturated heterocycles. The lowest BCUT2D eigenvalue weighted by Crippen LogP contribution is -2.24. The summed E-state index contributed by atoms with van der Waals surface area (Å²) in [5.74, 6) is 0. The lowest BCUT2D eigenvalue weighted by molar-refractivity contribution is 0.141. The number of rotatable bonds is 8. The highest BCUT2D eigenvalue weighted by Crippen LogP contribution is 2.30. The van der Waals surface area contributed by atoms with Crippen molar-refractivity contribution < 1.29 is 4.74 Å². The molecule has 108 valence electrons. The van der Waals surface area contributed by atoms with Gasteiger partial charge >= 0.3 is 0 Å². The van der Waals surface area contributed by atoms with E-state index in [0.29, 0.717) is 6.04 Å². The number of fused-ring (bicyclic) bond motifs is 1. The lowest BCUT2D eigenvalue weighted by Gasteiger charge is -2.23. The quantitative estimate of drug-likeness (QED) is 0.729. The Bertz CT molecular complexity index is 373. The molecule has 0 bridgehead atoms. The van der Waals surface area contributed by atoms with Gasteiger partial charge in [-0.1, -0.05) is 6.92 Å². The molecule has 3 nitrogen and oxygen atoms in total. The molecule has 0 fully saturated rings. The molecule has 0 aromatic carbocycles. The molecule has 2 rings (SSSR count). The van der Waals surface area contributed by atoms with Crippen LogP contribution in [0.1, 0.15) is 56.7 Å². The maximum atomic E-state index is 5.41. The molecule has 1 atom stereocenters. The summed E-state index contributed by atoms with van der Waals surface area (Å²) in [5.41, 5.74) is 3.09. The van der Waals surface area contributed by atoms with Crippen LogP contribution in [0, 0.1) is 0 Å². The molecule has 1 aliphatic carbocycles. The number of hydrogen-bond acceptors (Lipinski definition) is 2. The summed E-state index contributed by atoms with van der Waals surface area (Å²) in [6, 6.07) is 0.580. The molecular formula is C16H28N2O. The van der Waals surface area contributed by atoms with E-state index in [0.717, 1.165) is 32.7 Å². The predicted molar refractivity (Wildman–Crippen MR) is 79.5 cm³/mol. The minimum atomic E-state index is 0.580. The summed E-state index contributed by atoms with van der Waals surface area (Å²) >= 11 is 0. The summed E-state index contributed by atoms with van der Waals surface area (Å²) in [5, 5.41) is 3.68. The smallest absolute Gasteiger partial charge is 0.0482 e. The Kier molecular flexibility index (Phi) is 5.93. The highest BCUT2D eigenvalue weighted by Gasteiger charge is 2.21. The van der Waals surface area contributed by atoms with Crippen LogP contribution >= 0.6 is 0 Å². The minimum Gasteiger partial charge on any atom is -0.382 e. The summed E-state index contributed by atoms with van der Waals surface area (Å²) in [6.07, 6.45) is 10.9. The second-order valence-electron chi connectivity index (χ2n) is 5.43. The molecule has 19 heavy (non-hydrogen) atoms. The molecule has 0 spiro atoms. The van der Waals surface area contributed by atoms with Crippen LogP contribution in [0.3, 0.4) is 0 Å². The second-order valence-corrected chi connectivity index (χ2v) is 5.43. The third-order valence-corrected chi connectivity index (χ3v) is 3.86. The number of ether oxygens (including phenoxy) is 1. The summed E-state index contributed by atoms with van der Waals surface area (Å²) in [4.78, 5) is 0. The number of aromatic nitrogens is 1. The van der Waals surface area contributed by atoms with Gasteiger partial charge in [0.15, 0.2) is 0 Å². The van der Waals surface area contributed by atoms with Crippen LogP contribution in [0.15, 0.2) is 12.4 Å². The van der Waals surface area contributed by atoms with E-state index in [1.165, 1.54) is 31.2 Å². The number of aryl methyl sites for hydroxylation is 2. The van der Waals surface area contributed by atoms with Crippen molar-refractivity contribution in [1.82, 2.24) is 9.88 Å². The molecule has 0 radical (unpaired) electrons. The van der Waals surface area contributed by atoms with Crippen molar-refractivity contribution in [3.8, 4) is 0 Å².